The molecule has 0 heterocycles. The van der Waals surface area contributed by atoms with Crippen LogP contribution in [0.1, 0.15) is 6.42 Å². The van der Waals surface area contributed by atoms with Crippen molar-refractivity contribution in [2.45, 2.75) is 17.4 Å². The lowest BCUT2D eigenvalue weighted by Gasteiger charge is -2.10. The van der Waals surface area contributed by atoms with Gasteiger partial charge in [0.15, 0.2) is 0 Å². The van der Waals surface area contributed by atoms with Crippen molar-refractivity contribution in [1.82, 2.24) is 0 Å². The molecule has 1 aromatic carbocycles. The topological polar surface area (TPSA) is 60.2 Å². The standard InChI is InChI=1S/C11H16BrNO2S2/c1-17(14,15)7-6-10(13)8-16-11-4-2-9(12)3-5-11/h2-5,10H,6-8,13H2,1H3. The normalized spacial score (nSPS) is 13.6. The summed E-state index contributed by atoms with van der Waals surface area (Å²) in [5.41, 5.74) is 5.86. The van der Waals surface area contributed by atoms with E-state index in [1.165, 1.54) is 6.26 Å². The van der Waals surface area contributed by atoms with Crippen molar-refractivity contribution in [2.75, 3.05) is 17.8 Å². The third-order valence-electron chi connectivity index (χ3n) is 2.14. The monoisotopic (exact) mass is 337 g/mol. The molecule has 0 fully saturated rings. The van der Waals surface area contributed by atoms with E-state index in [0.29, 0.717) is 6.42 Å². The van der Waals surface area contributed by atoms with E-state index in [4.69, 9.17) is 5.73 Å². The molecule has 1 aromatic rings. The minimum Gasteiger partial charge on any atom is -0.327 e. The van der Waals surface area contributed by atoms with Crippen LogP contribution >= 0.6 is 27.7 Å². The smallest absolute Gasteiger partial charge is 0.147 e. The van der Waals surface area contributed by atoms with Crippen molar-refractivity contribution < 1.29 is 8.42 Å². The maximum atomic E-state index is 11.0. The van der Waals surface area contributed by atoms with Crippen LogP contribution in [0.4, 0.5) is 0 Å². The second kappa shape index (κ2) is 6.78. The van der Waals surface area contributed by atoms with Crippen LogP contribution in [0.2, 0.25) is 0 Å². The van der Waals surface area contributed by atoms with Gasteiger partial charge >= 0.3 is 0 Å². The summed E-state index contributed by atoms with van der Waals surface area (Å²) >= 11 is 5.02. The molecule has 0 spiro atoms. The predicted molar refractivity (Wildman–Crippen MR) is 77.2 cm³/mol. The van der Waals surface area contributed by atoms with Crippen molar-refractivity contribution in [3.63, 3.8) is 0 Å². The van der Waals surface area contributed by atoms with E-state index in [2.05, 4.69) is 15.9 Å². The minimum absolute atomic E-state index is 0.0848. The lowest BCUT2D eigenvalue weighted by molar-refractivity contribution is 0.594. The number of nitrogens with two attached hydrogens (primary N) is 1. The van der Waals surface area contributed by atoms with Crippen LogP contribution in [0.5, 0.6) is 0 Å². The van der Waals surface area contributed by atoms with Crippen LogP contribution in [-0.2, 0) is 9.84 Å². The van der Waals surface area contributed by atoms with E-state index < -0.39 is 9.84 Å². The van der Waals surface area contributed by atoms with E-state index >= 15 is 0 Å². The third kappa shape index (κ3) is 7.08. The summed E-state index contributed by atoms with van der Waals surface area (Å²) < 4.78 is 23.0. The Hall–Kier alpha value is -0.0400. The van der Waals surface area contributed by atoms with Gasteiger partial charge < -0.3 is 5.73 Å². The van der Waals surface area contributed by atoms with Crippen molar-refractivity contribution in [2.24, 2.45) is 5.73 Å². The second-order valence-corrected chi connectivity index (χ2v) is 8.21. The largest absolute Gasteiger partial charge is 0.327 e. The number of sulfone groups is 1. The Morgan fingerprint density at radius 3 is 2.47 bits per heavy atom. The summed E-state index contributed by atoms with van der Waals surface area (Å²) in [5.74, 6) is 0.895. The molecule has 0 aliphatic heterocycles. The lowest BCUT2D eigenvalue weighted by atomic mass is 10.3. The molecule has 0 aliphatic carbocycles. The summed E-state index contributed by atoms with van der Waals surface area (Å²) in [6.07, 6.45) is 1.75. The third-order valence-corrected chi connectivity index (χ3v) is 4.84. The molecule has 0 amide bonds. The first-order chi connectivity index (χ1) is 7.87. The minimum atomic E-state index is -2.90. The summed E-state index contributed by atoms with van der Waals surface area (Å²) in [6.45, 7) is 0. The zero-order valence-corrected chi connectivity index (χ0v) is 12.8. The SMILES string of the molecule is CS(=O)(=O)CCC(N)CSc1ccc(Br)cc1. The Morgan fingerprint density at radius 1 is 1.35 bits per heavy atom. The van der Waals surface area contributed by atoms with Gasteiger partial charge in [-0.2, -0.15) is 0 Å². The van der Waals surface area contributed by atoms with Gasteiger partial charge in [0.1, 0.15) is 9.84 Å². The number of hydrogen-bond donors (Lipinski definition) is 1. The number of hydrogen-bond acceptors (Lipinski definition) is 4. The van der Waals surface area contributed by atoms with Gasteiger partial charge in [-0.05, 0) is 30.7 Å². The van der Waals surface area contributed by atoms with E-state index in [1.807, 2.05) is 24.3 Å². The first kappa shape index (κ1) is 15.0. The van der Waals surface area contributed by atoms with Crippen molar-refractivity contribution in [3.8, 4) is 0 Å². The molecule has 2 N–H and O–H groups in total. The van der Waals surface area contributed by atoms with E-state index in [0.717, 1.165) is 15.1 Å². The van der Waals surface area contributed by atoms with Crippen molar-refractivity contribution >= 4 is 37.5 Å². The van der Waals surface area contributed by atoms with Crippen LogP contribution in [-0.4, -0.2) is 32.2 Å². The van der Waals surface area contributed by atoms with E-state index in [-0.39, 0.29) is 11.8 Å². The van der Waals surface area contributed by atoms with E-state index in [9.17, 15) is 8.42 Å². The molecule has 17 heavy (non-hydrogen) atoms. The molecule has 1 unspecified atom stereocenters. The van der Waals surface area contributed by atoms with Gasteiger partial charge in [-0.3, -0.25) is 0 Å². The van der Waals surface area contributed by atoms with Crippen LogP contribution < -0.4 is 5.73 Å². The molecule has 0 bridgehead atoms. The molecule has 1 atom stereocenters. The summed E-state index contributed by atoms with van der Waals surface area (Å²) in [7, 11) is -2.90. The molecule has 0 saturated heterocycles. The maximum absolute atomic E-state index is 11.0. The highest BCUT2D eigenvalue weighted by molar-refractivity contribution is 9.10. The molecular formula is C11H16BrNO2S2. The molecule has 0 radical (unpaired) electrons. The highest BCUT2D eigenvalue weighted by atomic mass is 79.9. The molecule has 0 aliphatic rings. The maximum Gasteiger partial charge on any atom is 0.147 e. The van der Waals surface area contributed by atoms with Crippen LogP contribution in [0.15, 0.2) is 33.6 Å². The van der Waals surface area contributed by atoms with Gasteiger partial charge in [-0.25, -0.2) is 8.42 Å². The van der Waals surface area contributed by atoms with Gasteiger partial charge in [0.05, 0.1) is 5.75 Å². The van der Waals surface area contributed by atoms with E-state index in [1.54, 1.807) is 11.8 Å². The van der Waals surface area contributed by atoms with Crippen LogP contribution in [0.25, 0.3) is 0 Å². The number of thioether (sulfide) groups is 1. The summed E-state index contributed by atoms with van der Waals surface area (Å²) in [4.78, 5) is 1.14. The van der Waals surface area contributed by atoms with Crippen LogP contribution in [0.3, 0.4) is 0 Å². The zero-order valence-electron chi connectivity index (χ0n) is 9.60. The fourth-order valence-corrected chi connectivity index (χ4v) is 3.08. The lowest BCUT2D eigenvalue weighted by Crippen LogP contribution is -2.25. The first-order valence-electron chi connectivity index (χ1n) is 5.18. The Bertz CT molecular complexity index is 445. The average molecular weight is 338 g/mol. The highest BCUT2D eigenvalue weighted by Gasteiger charge is 2.08. The van der Waals surface area contributed by atoms with Crippen LogP contribution in [0, 0.1) is 0 Å². The highest BCUT2D eigenvalue weighted by Crippen LogP contribution is 2.21. The average Bonchev–Trinajstić information content (AvgIpc) is 2.25. The fraction of sp³-hybridized carbons (Fsp3) is 0.455. The quantitative estimate of drug-likeness (QED) is 0.809. The number of halogens is 1. The first-order valence-corrected chi connectivity index (χ1v) is 9.02. The molecule has 0 saturated carbocycles. The number of benzene rings is 1. The Morgan fingerprint density at radius 2 is 1.94 bits per heavy atom. The Kier molecular flexibility index (Phi) is 5.99. The molecule has 6 heteroatoms. The molecule has 96 valence electrons. The van der Waals surface area contributed by atoms with Gasteiger partial charge in [-0.1, -0.05) is 15.9 Å². The zero-order chi connectivity index (χ0) is 12.9. The fourth-order valence-electron chi connectivity index (χ4n) is 1.18. The number of rotatable bonds is 6. The van der Waals surface area contributed by atoms with Gasteiger partial charge in [0, 0.05) is 27.4 Å². The van der Waals surface area contributed by atoms with Gasteiger partial charge in [0.2, 0.25) is 0 Å². The molecule has 3 nitrogen and oxygen atoms in total. The molecule has 1 rings (SSSR count). The van der Waals surface area contributed by atoms with Gasteiger partial charge in [-0.15, -0.1) is 11.8 Å². The van der Waals surface area contributed by atoms with Gasteiger partial charge in [0.25, 0.3) is 0 Å². The molecular weight excluding hydrogens is 322 g/mol. The van der Waals surface area contributed by atoms with Crippen molar-refractivity contribution in [3.05, 3.63) is 28.7 Å². The Balaban J connectivity index is 2.33. The molecule has 0 aromatic heterocycles. The Labute approximate surface area is 115 Å². The predicted octanol–water partition coefficient (Wildman–Crippen LogP) is 2.30. The summed E-state index contributed by atoms with van der Waals surface area (Å²) in [6, 6.07) is 7.89. The summed E-state index contributed by atoms with van der Waals surface area (Å²) in [5, 5.41) is 0. The second-order valence-electron chi connectivity index (χ2n) is 3.94. The van der Waals surface area contributed by atoms with Crippen molar-refractivity contribution in [1.29, 1.82) is 0 Å².